The molecule has 1 aliphatic heterocycles. The van der Waals surface area contributed by atoms with Crippen LogP contribution >= 0.6 is 0 Å². The van der Waals surface area contributed by atoms with Crippen LogP contribution in [0.4, 0.5) is 0 Å². The number of hydrogen-bond donors (Lipinski definition) is 0. The van der Waals surface area contributed by atoms with Gasteiger partial charge in [-0.1, -0.05) is 30.3 Å². The van der Waals surface area contributed by atoms with Crippen molar-refractivity contribution >= 4 is 5.91 Å². The monoisotopic (exact) mass is 351 g/mol. The molecule has 0 radical (unpaired) electrons. The molecule has 0 bridgehead atoms. The molecule has 3 heterocycles. The number of carbonyl (C=O) groups is 1. The minimum Gasteiger partial charge on any atom is -0.336 e. The van der Waals surface area contributed by atoms with Crippen LogP contribution in [0.3, 0.4) is 0 Å². The van der Waals surface area contributed by atoms with Crippen molar-refractivity contribution in [2.45, 2.75) is 32.4 Å². The molecular formula is C18H21N7O. The third kappa shape index (κ3) is 3.10. The molecule has 0 unspecified atom stereocenters. The standard InChI is InChI=1S/C18H21N7O/c1-13-8-14(2)25(20-13)16-10-23(11-16)18(26)17(24-12-19-21-22-24)9-15-6-4-3-5-7-15/h3-8,12,16-17H,9-11H2,1-2H3/t17-/m0/s1. The van der Waals surface area contributed by atoms with Crippen molar-refractivity contribution in [3.05, 3.63) is 59.7 Å². The van der Waals surface area contributed by atoms with E-state index in [1.807, 2.05) is 53.8 Å². The molecular weight excluding hydrogens is 330 g/mol. The summed E-state index contributed by atoms with van der Waals surface area (Å²) in [7, 11) is 0. The molecule has 1 aliphatic rings. The Kier molecular flexibility index (Phi) is 4.24. The second-order valence-electron chi connectivity index (χ2n) is 6.76. The van der Waals surface area contributed by atoms with Crippen molar-refractivity contribution in [2.75, 3.05) is 13.1 Å². The van der Waals surface area contributed by atoms with Gasteiger partial charge in [-0.15, -0.1) is 5.10 Å². The zero-order chi connectivity index (χ0) is 18.1. The van der Waals surface area contributed by atoms with Crippen molar-refractivity contribution in [2.24, 2.45) is 0 Å². The van der Waals surface area contributed by atoms with Crippen LogP contribution in [-0.2, 0) is 11.2 Å². The lowest BCUT2D eigenvalue weighted by Gasteiger charge is -2.41. The molecule has 26 heavy (non-hydrogen) atoms. The van der Waals surface area contributed by atoms with Crippen molar-refractivity contribution in [1.82, 2.24) is 34.9 Å². The third-order valence-electron chi connectivity index (χ3n) is 4.81. The Morgan fingerprint density at radius 1 is 1.23 bits per heavy atom. The first kappa shape index (κ1) is 16.4. The van der Waals surface area contributed by atoms with E-state index >= 15 is 0 Å². The minimum atomic E-state index is -0.436. The first-order valence-corrected chi connectivity index (χ1v) is 8.70. The number of tetrazole rings is 1. The summed E-state index contributed by atoms with van der Waals surface area (Å²) in [6, 6.07) is 11.8. The minimum absolute atomic E-state index is 0.0407. The number of hydrogen-bond acceptors (Lipinski definition) is 5. The van der Waals surface area contributed by atoms with Gasteiger partial charge < -0.3 is 4.90 Å². The Labute approximate surface area is 151 Å². The maximum Gasteiger partial charge on any atom is 0.248 e. The van der Waals surface area contributed by atoms with E-state index in [4.69, 9.17) is 0 Å². The van der Waals surface area contributed by atoms with Crippen LogP contribution in [0.25, 0.3) is 0 Å². The number of carbonyl (C=O) groups excluding carboxylic acids is 1. The fourth-order valence-electron chi connectivity index (χ4n) is 3.46. The average molecular weight is 351 g/mol. The van der Waals surface area contributed by atoms with Gasteiger partial charge in [-0.05, 0) is 35.9 Å². The molecule has 1 fully saturated rings. The first-order valence-electron chi connectivity index (χ1n) is 8.70. The van der Waals surface area contributed by atoms with Gasteiger partial charge in [0.2, 0.25) is 5.91 Å². The summed E-state index contributed by atoms with van der Waals surface area (Å²) >= 11 is 0. The fraction of sp³-hybridized carbons (Fsp3) is 0.389. The van der Waals surface area contributed by atoms with Gasteiger partial charge in [0.05, 0.1) is 11.7 Å². The lowest BCUT2D eigenvalue weighted by molar-refractivity contribution is -0.141. The zero-order valence-corrected chi connectivity index (χ0v) is 14.9. The molecule has 134 valence electrons. The van der Waals surface area contributed by atoms with Crippen molar-refractivity contribution in [3.63, 3.8) is 0 Å². The summed E-state index contributed by atoms with van der Waals surface area (Å²) in [5, 5.41) is 15.9. The highest BCUT2D eigenvalue weighted by Gasteiger charge is 2.37. The van der Waals surface area contributed by atoms with Gasteiger partial charge in [0, 0.05) is 25.2 Å². The number of aryl methyl sites for hydroxylation is 2. The van der Waals surface area contributed by atoms with E-state index in [0.717, 1.165) is 17.0 Å². The van der Waals surface area contributed by atoms with Gasteiger partial charge in [0.25, 0.3) is 0 Å². The van der Waals surface area contributed by atoms with Crippen LogP contribution in [0.5, 0.6) is 0 Å². The summed E-state index contributed by atoms with van der Waals surface area (Å²) in [6.45, 7) is 5.35. The summed E-state index contributed by atoms with van der Waals surface area (Å²) < 4.78 is 3.56. The van der Waals surface area contributed by atoms with E-state index < -0.39 is 6.04 Å². The van der Waals surface area contributed by atoms with Crippen LogP contribution in [0.2, 0.25) is 0 Å². The van der Waals surface area contributed by atoms with Crippen LogP contribution in [0.15, 0.2) is 42.7 Å². The van der Waals surface area contributed by atoms with Crippen LogP contribution < -0.4 is 0 Å². The van der Waals surface area contributed by atoms with Crippen molar-refractivity contribution in [1.29, 1.82) is 0 Å². The number of amides is 1. The van der Waals surface area contributed by atoms with Crippen LogP contribution in [0.1, 0.15) is 29.0 Å². The Morgan fingerprint density at radius 3 is 2.62 bits per heavy atom. The summed E-state index contributed by atoms with van der Waals surface area (Å²) in [5.41, 5.74) is 3.21. The van der Waals surface area contributed by atoms with Crippen molar-refractivity contribution < 1.29 is 4.79 Å². The number of nitrogens with zero attached hydrogens (tertiary/aromatic N) is 7. The molecule has 1 aromatic carbocycles. The van der Waals surface area contributed by atoms with Gasteiger partial charge >= 0.3 is 0 Å². The number of benzene rings is 1. The summed E-state index contributed by atoms with van der Waals surface area (Å²) in [5.74, 6) is 0.0407. The molecule has 2 aromatic heterocycles. The van der Waals surface area contributed by atoms with Gasteiger partial charge in [0.1, 0.15) is 12.4 Å². The van der Waals surface area contributed by atoms with E-state index in [2.05, 4.69) is 26.7 Å². The smallest absolute Gasteiger partial charge is 0.248 e. The second kappa shape index (κ2) is 6.70. The number of aromatic nitrogens is 6. The first-order chi connectivity index (χ1) is 12.6. The normalized spacial score (nSPS) is 15.7. The predicted molar refractivity (Wildman–Crippen MR) is 94.3 cm³/mol. The lowest BCUT2D eigenvalue weighted by Crippen LogP contribution is -2.53. The fourth-order valence-corrected chi connectivity index (χ4v) is 3.46. The third-order valence-corrected chi connectivity index (χ3v) is 4.81. The molecule has 1 amide bonds. The highest BCUT2D eigenvalue weighted by Crippen LogP contribution is 2.26. The molecule has 0 aliphatic carbocycles. The second-order valence-corrected chi connectivity index (χ2v) is 6.76. The highest BCUT2D eigenvalue weighted by atomic mass is 16.2. The molecule has 8 heteroatoms. The van der Waals surface area contributed by atoms with E-state index in [1.54, 1.807) is 4.68 Å². The maximum absolute atomic E-state index is 13.1. The van der Waals surface area contributed by atoms with Gasteiger partial charge in [0.15, 0.2) is 0 Å². The maximum atomic E-state index is 13.1. The summed E-state index contributed by atoms with van der Waals surface area (Å²) in [6.07, 6.45) is 2.07. The summed E-state index contributed by atoms with van der Waals surface area (Å²) in [4.78, 5) is 14.9. The van der Waals surface area contributed by atoms with E-state index in [-0.39, 0.29) is 11.9 Å². The Bertz CT molecular complexity index is 882. The van der Waals surface area contributed by atoms with Gasteiger partial charge in [-0.2, -0.15) is 5.10 Å². The Morgan fingerprint density at radius 2 is 2.00 bits per heavy atom. The Balaban J connectivity index is 1.48. The predicted octanol–water partition coefficient (Wildman–Crippen LogP) is 1.35. The average Bonchev–Trinajstić information content (AvgIpc) is 3.22. The molecule has 1 atom stereocenters. The number of rotatable bonds is 5. The molecule has 0 N–H and O–H groups in total. The lowest BCUT2D eigenvalue weighted by atomic mass is 10.0. The topological polar surface area (TPSA) is 81.7 Å². The van der Waals surface area contributed by atoms with E-state index in [0.29, 0.717) is 19.5 Å². The SMILES string of the molecule is Cc1cc(C)n(C2CN(C(=O)[C@H](Cc3ccccc3)n3cnnn3)C2)n1. The quantitative estimate of drug-likeness (QED) is 0.693. The van der Waals surface area contributed by atoms with E-state index in [9.17, 15) is 4.79 Å². The number of likely N-dealkylation sites (tertiary alicyclic amines) is 1. The van der Waals surface area contributed by atoms with Gasteiger partial charge in [-0.3, -0.25) is 9.48 Å². The van der Waals surface area contributed by atoms with Crippen LogP contribution in [-0.4, -0.2) is 53.9 Å². The molecule has 3 aromatic rings. The van der Waals surface area contributed by atoms with Gasteiger partial charge in [-0.25, -0.2) is 4.68 Å². The largest absolute Gasteiger partial charge is 0.336 e. The zero-order valence-electron chi connectivity index (χ0n) is 14.9. The molecule has 1 saturated heterocycles. The Hall–Kier alpha value is -3.03. The highest BCUT2D eigenvalue weighted by molar-refractivity contribution is 5.81. The molecule has 4 rings (SSSR count). The van der Waals surface area contributed by atoms with E-state index in [1.165, 1.54) is 6.33 Å². The molecule has 8 nitrogen and oxygen atoms in total. The van der Waals surface area contributed by atoms with Crippen LogP contribution in [0, 0.1) is 13.8 Å². The molecule has 0 saturated carbocycles. The molecule has 0 spiro atoms. The van der Waals surface area contributed by atoms with Crippen molar-refractivity contribution in [3.8, 4) is 0 Å².